The average molecular weight is 292 g/mol. The highest BCUT2D eigenvalue weighted by Crippen LogP contribution is 2.35. The van der Waals surface area contributed by atoms with Crippen LogP contribution >= 0.6 is 0 Å². The molecule has 116 valence electrons. The molecule has 0 heterocycles. The second-order valence-corrected chi connectivity index (χ2v) is 4.97. The van der Waals surface area contributed by atoms with Gasteiger partial charge >= 0.3 is 11.9 Å². The minimum absolute atomic E-state index is 0.141. The summed E-state index contributed by atoms with van der Waals surface area (Å²) in [5.74, 6) is 4.76. The standard InChI is InChI=1S/C17H24O4/c1-4-7-8-12-17(15(18)20-5-2,16(19)21-6-3)13-11-14-9-10-14/h11H,4-6,9-10,12-13H2,1-3H3. The molecule has 0 radical (unpaired) electrons. The van der Waals surface area contributed by atoms with Crippen molar-refractivity contribution in [3.63, 3.8) is 0 Å². The fraction of sp³-hybridized carbons (Fsp3) is 0.647. The molecule has 4 nitrogen and oxygen atoms in total. The van der Waals surface area contributed by atoms with Crippen LogP contribution in [0.1, 0.15) is 52.9 Å². The summed E-state index contributed by atoms with van der Waals surface area (Å²) >= 11 is 0. The molecule has 21 heavy (non-hydrogen) atoms. The lowest BCUT2D eigenvalue weighted by molar-refractivity contribution is -0.171. The van der Waals surface area contributed by atoms with Gasteiger partial charge in [0, 0.05) is 12.8 Å². The van der Waals surface area contributed by atoms with Crippen molar-refractivity contribution in [2.45, 2.75) is 52.9 Å². The average Bonchev–Trinajstić information content (AvgIpc) is 3.27. The first-order valence-corrected chi connectivity index (χ1v) is 7.58. The van der Waals surface area contributed by atoms with Crippen molar-refractivity contribution in [1.29, 1.82) is 0 Å². The van der Waals surface area contributed by atoms with Gasteiger partial charge in [0.25, 0.3) is 0 Å². The van der Waals surface area contributed by atoms with E-state index in [1.54, 1.807) is 13.8 Å². The fourth-order valence-electron chi connectivity index (χ4n) is 1.94. The highest BCUT2D eigenvalue weighted by molar-refractivity contribution is 6.00. The van der Waals surface area contributed by atoms with E-state index < -0.39 is 17.4 Å². The largest absolute Gasteiger partial charge is 0.465 e. The van der Waals surface area contributed by atoms with E-state index in [4.69, 9.17) is 9.47 Å². The maximum absolute atomic E-state index is 12.4. The molecule has 0 spiro atoms. The first kappa shape index (κ1) is 17.3. The third-order valence-electron chi connectivity index (χ3n) is 3.30. The molecule has 0 aliphatic heterocycles. The van der Waals surface area contributed by atoms with Gasteiger partial charge in [0.15, 0.2) is 5.41 Å². The molecule has 1 fully saturated rings. The van der Waals surface area contributed by atoms with E-state index in [2.05, 4.69) is 11.8 Å². The maximum Gasteiger partial charge on any atom is 0.324 e. The third-order valence-corrected chi connectivity index (χ3v) is 3.30. The van der Waals surface area contributed by atoms with Crippen molar-refractivity contribution in [2.75, 3.05) is 13.2 Å². The van der Waals surface area contributed by atoms with Crippen LogP contribution in [0, 0.1) is 17.3 Å². The Morgan fingerprint density at radius 2 is 1.67 bits per heavy atom. The van der Waals surface area contributed by atoms with E-state index in [1.165, 1.54) is 5.57 Å². The molecular weight excluding hydrogens is 268 g/mol. The van der Waals surface area contributed by atoms with Crippen molar-refractivity contribution >= 4 is 11.9 Å². The van der Waals surface area contributed by atoms with Gasteiger partial charge in [-0.05, 0) is 33.1 Å². The van der Waals surface area contributed by atoms with Gasteiger partial charge in [-0.25, -0.2) is 0 Å². The van der Waals surface area contributed by atoms with Crippen LogP contribution in [0.15, 0.2) is 11.6 Å². The monoisotopic (exact) mass is 292 g/mol. The van der Waals surface area contributed by atoms with Gasteiger partial charge in [-0.15, -0.1) is 11.8 Å². The lowest BCUT2D eigenvalue weighted by Gasteiger charge is -2.26. The van der Waals surface area contributed by atoms with Crippen molar-refractivity contribution in [3.8, 4) is 11.8 Å². The second kappa shape index (κ2) is 8.51. The molecular formula is C17H24O4. The Bertz CT molecular complexity index is 441. The zero-order chi connectivity index (χ0) is 15.7. The predicted molar refractivity (Wildman–Crippen MR) is 80.3 cm³/mol. The minimum Gasteiger partial charge on any atom is -0.465 e. The molecule has 0 unspecified atom stereocenters. The van der Waals surface area contributed by atoms with Gasteiger partial charge < -0.3 is 9.47 Å². The molecule has 0 amide bonds. The molecule has 0 aromatic carbocycles. The zero-order valence-corrected chi connectivity index (χ0v) is 13.2. The summed E-state index contributed by atoms with van der Waals surface area (Å²) in [5, 5.41) is 0. The van der Waals surface area contributed by atoms with Crippen LogP contribution < -0.4 is 0 Å². The van der Waals surface area contributed by atoms with Crippen molar-refractivity contribution in [1.82, 2.24) is 0 Å². The SMILES string of the molecule is CCC#CCC(CC=C1CC1)(C(=O)OCC)C(=O)OCC. The smallest absolute Gasteiger partial charge is 0.324 e. The number of allylic oxidation sites excluding steroid dienone is 2. The lowest BCUT2D eigenvalue weighted by Crippen LogP contribution is -2.41. The second-order valence-electron chi connectivity index (χ2n) is 4.97. The molecule has 4 heteroatoms. The Hall–Kier alpha value is -1.76. The molecule has 0 N–H and O–H groups in total. The highest BCUT2D eigenvalue weighted by atomic mass is 16.6. The van der Waals surface area contributed by atoms with Gasteiger partial charge in [-0.3, -0.25) is 9.59 Å². The molecule has 0 aromatic heterocycles. The lowest BCUT2D eigenvalue weighted by atomic mass is 9.81. The molecule has 1 rings (SSSR count). The Morgan fingerprint density at radius 1 is 1.10 bits per heavy atom. The molecule has 0 atom stereocenters. The van der Waals surface area contributed by atoms with Crippen LogP contribution in [-0.4, -0.2) is 25.2 Å². The summed E-state index contributed by atoms with van der Waals surface area (Å²) in [7, 11) is 0. The minimum atomic E-state index is -1.33. The summed E-state index contributed by atoms with van der Waals surface area (Å²) in [5.41, 5.74) is -0.0551. The number of rotatable bonds is 7. The van der Waals surface area contributed by atoms with Crippen molar-refractivity contribution < 1.29 is 19.1 Å². The maximum atomic E-state index is 12.4. The van der Waals surface area contributed by atoms with Crippen LogP contribution in [0.3, 0.4) is 0 Å². The molecule has 1 aliphatic rings. The summed E-state index contributed by atoms with van der Waals surface area (Å²) in [6.45, 7) is 5.85. The Labute approximate surface area is 126 Å². The van der Waals surface area contributed by atoms with Crippen molar-refractivity contribution in [2.24, 2.45) is 5.41 Å². The third kappa shape index (κ3) is 4.93. The summed E-state index contributed by atoms with van der Waals surface area (Å²) < 4.78 is 10.2. The number of hydrogen-bond donors (Lipinski definition) is 0. The number of ether oxygens (including phenoxy) is 2. The molecule has 1 saturated carbocycles. The number of esters is 2. The number of carbonyl (C=O) groups is 2. The van der Waals surface area contributed by atoms with E-state index in [1.807, 2.05) is 13.0 Å². The van der Waals surface area contributed by atoms with E-state index in [0.29, 0.717) is 12.8 Å². The number of carbonyl (C=O) groups excluding carboxylic acids is 2. The first-order valence-electron chi connectivity index (χ1n) is 7.58. The van der Waals surface area contributed by atoms with Crippen molar-refractivity contribution in [3.05, 3.63) is 11.6 Å². The quantitative estimate of drug-likeness (QED) is 0.313. The molecule has 0 bridgehead atoms. The highest BCUT2D eigenvalue weighted by Gasteiger charge is 2.47. The number of hydrogen-bond acceptors (Lipinski definition) is 4. The zero-order valence-electron chi connectivity index (χ0n) is 13.2. The fourth-order valence-corrected chi connectivity index (χ4v) is 1.94. The Morgan fingerprint density at radius 3 is 2.10 bits per heavy atom. The van der Waals surface area contributed by atoms with Gasteiger partial charge in [0.1, 0.15) is 0 Å². The Kier molecular flexibility index (Phi) is 7.01. The predicted octanol–water partition coefficient (Wildman–Crippen LogP) is 3.01. The summed E-state index contributed by atoms with van der Waals surface area (Å²) in [6.07, 6.45) is 5.18. The van der Waals surface area contributed by atoms with Crippen LogP contribution in [0.4, 0.5) is 0 Å². The molecule has 0 saturated heterocycles. The van der Waals surface area contributed by atoms with E-state index in [0.717, 1.165) is 12.8 Å². The van der Waals surface area contributed by atoms with Crippen LogP contribution in [-0.2, 0) is 19.1 Å². The molecule has 1 aliphatic carbocycles. The van der Waals surface area contributed by atoms with E-state index >= 15 is 0 Å². The summed E-state index contributed by atoms with van der Waals surface area (Å²) in [6, 6.07) is 0. The van der Waals surface area contributed by atoms with Gasteiger partial charge in [0.2, 0.25) is 0 Å². The normalized spacial score (nSPS) is 13.0. The van der Waals surface area contributed by atoms with Gasteiger partial charge in [-0.2, -0.15) is 0 Å². The van der Waals surface area contributed by atoms with Gasteiger partial charge in [-0.1, -0.05) is 18.6 Å². The molecule has 0 aromatic rings. The van der Waals surface area contributed by atoms with Gasteiger partial charge in [0.05, 0.1) is 13.2 Å². The topological polar surface area (TPSA) is 52.6 Å². The van der Waals surface area contributed by atoms with Crippen LogP contribution in [0.2, 0.25) is 0 Å². The Balaban J connectivity index is 3.05. The van der Waals surface area contributed by atoms with Crippen LogP contribution in [0.25, 0.3) is 0 Å². The first-order chi connectivity index (χ1) is 10.1. The summed E-state index contributed by atoms with van der Waals surface area (Å²) in [4.78, 5) is 24.8. The van der Waals surface area contributed by atoms with E-state index in [-0.39, 0.29) is 19.6 Å². The van der Waals surface area contributed by atoms with Crippen LogP contribution in [0.5, 0.6) is 0 Å². The van der Waals surface area contributed by atoms with E-state index in [9.17, 15) is 9.59 Å².